The van der Waals surface area contributed by atoms with Crippen LogP contribution in [-0.4, -0.2) is 5.37 Å². The van der Waals surface area contributed by atoms with Gasteiger partial charge in [0.15, 0.2) is 23.3 Å². The van der Waals surface area contributed by atoms with Gasteiger partial charge in [-0.05, 0) is 11.6 Å². The first-order chi connectivity index (χ1) is 6.86. The van der Waals surface area contributed by atoms with Gasteiger partial charge in [-0.2, -0.15) is 0 Å². The molecule has 8 heteroatoms. The number of hydrogen-bond donors (Lipinski definition) is 1. The van der Waals surface area contributed by atoms with Gasteiger partial charge in [-0.3, -0.25) is 4.79 Å². The maximum absolute atomic E-state index is 12.8. The summed E-state index contributed by atoms with van der Waals surface area (Å²) in [6, 6.07) is 0. The third kappa shape index (κ3) is 2.01. The van der Waals surface area contributed by atoms with Gasteiger partial charge in [-0.25, -0.2) is 22.0 Å². The monoisotopic (exact) mass is 245 g/mol. The Morgan fingerprint density at radius 2 is 1.20 bits per heavy atom. The van der Waals surface area contributed by atoms with Crippen molar-refractivity contribution in [3.8, 4) is 0 Å². The van der Waals surface area contributed by atoms with Crippen LogP contribution in [0.25, 0.3) is 0 Å². The largest absolute Gasteiger partial charge is 0.318 e. The molecule has 2 nitrogen and oxygen atoms in total. The van der Waals surface area contributed by atoms with Crippen LogP contribution in [0.2, 0.25) is 0 Å². The molecule has 0 aliphatic heterocycles. The lowest BCUT2D eigenvalue weighted by atomic mass is 10.2. The number of halogens is 6. The topological polar surface area (TPSA) is 29.1 Å². The van der Waals surface area contributed by atoms with E-state index in [2.05, 4.69) is 11.6 Å². The molecule has 0 fully saturated rings. The minimum Gasteiger partial charge on any atom is -0.307 e. The van der Waals surface area contributed by atoms with E-state index in [0.717, 1.165) is 0 Å². The zero-order chi connectivity index (χ0) is 11.7. The summed E-state index contributed by atoms with van der Waals surface area (Å²) in [7, 11) is 0. The predicted octanol–water partition coefficient (Wildman–Crippen LogP) is 3.15. The predicted molar refractivity (Wildman–Crippen MR) is 41.1 cm³/mol. The molecule has 1 N–H and O–H groups in total. The van der Waals surface area contributed by atoms with Crippen molar-refractivity contribution < 1.29 is 26.7 Å². The Labute approximate surface area is 84.6 Å². The molecule has 1 amide bonds. The fraction of sp³-hybridized carbons (Fsp3) is 0. The van der Waals surface area contributed by atoms with Crippen LogP contribution in [0.15, 0.2) is 0 Å². The summed E-state index contributed by atoms with van der Waals surface area (Å²) in [4.78, 5) is 10.2. The second kappa shape index (κ2) is 4.01. The summed E-state index contributed by atoms with van der Waals surface area (Å²) >= 11 is 4.68. The van der Waals surface area contributed by atoms with E-state index in [4.69, 9.17) is 0 Å². The highest BCUT2D eigenvalue weighted by atomic mass is 35.5. The van der Waals surface area contributed by atoms with Crippen molar-refractivity contribution in [1.29, 1.82) is 0 Å². The Morgan fingerprint density at radius 3 is 1.53 bits per heavy atom. The maximum atomic E-state index is 12.8. The van der Waals surface area contributed by atoms with Gasteiger partial charge >= 0.3 is 5.37 Å². The third-order valence-corrected chi connectivity index (χ3v) is 1.53. The second-order valence-electron chi connectivity index (χ2n) is 2.34. The molecule has 1 rings (SSSR count). The molecule has 0 saturated heterocycles. The van der Waals surface area contributed by atoms with Crippen LogP contribution in [-0.2, 0) is 0 Å². The molecule has 0 saturated carbocycles. The van der Waals surface area contributed by atoms with Crippen molar-refractivity contribution in [2.45, 2.75) is 0 Å². The maximum Gasteiger partial charge on any atom is 0.318 e. The number of nitrogens with one attached hydrogen (secondary N) is 1. The van der Waals surface area contributed by atoms with Crippen molar-refractivity contribution in [3.63, 3.8) is 0 Å². The Morgan fingerprint density at radius 1 is 0.867 bits per heavy atom. The Bertz CT molecular complexity index is 407. The molecule has 82 valence electrons. The van der Waals surface area contributed by atoms with Gasteiger partial charge in [-0.15, -0.1) is 0 Å². The summed E-state index contributed by atoms with van der Waals surface area (Å²) < 4.78 is 63.0. The van der Waals surface area contributed by atoms with Gasteiger partial charge in [0.2, 0.25) is 5.82 Å². The standard InChI is InChI=1S/C7HClF5NO/c8-7(15)14-6-4(12)2(10)1(9)3(11)5(6)13/h(H,14,15). The lowest BCUT2D eigenvalue weighted by Gasteiger charge is -2.06. The molecule has 1 aromatic carbocycles. The van der Waals surface area contributed by atoms with E-state index in [1.54, 1.807) is 0 Å². The van der Waals surface area contributed by atoms with Crippen molar-refractivity contribution in [2.24, 2.45) is 0 Å². The van der Waals surface area contributed by atoms with Crippen LogP contribution in [0.5, 0.6) is 0 Å². The van der Waals surface area contributed by atoms with E-state index < -0.39 is 40.1 Å². The molecule has 0 unspecified atom stereocenters. The summed E-state index contributed by atoms with van der Waals surface area (Å²) in [6.45, 7) is 0. The number of rotatable bonds is 1. The Kier molecular flexibility index (Phi) is 3.13. The van der Waals surface area contributed by atoms with E-state index in [1.165, 1.54) is 5.32 Å². The van der Waals surface area contributed by atoms with Gasteiger partial charge in [0, 0.05) is 0 Å². The van der Waals surface area contributed by atoms with Crippen LogP contribution in [0.4, 0.5) is 32.4 Å². The van der Waals surface area contributed by atoms with Crippen LogP contribution in [0.1, 0.15) is 0 Å². The molecular formula is C7HClF5NO. The van der Waals surface area contributed by atoms with Gasteiger partial charge in [0.1, 0.15) is 5.69 Å². The molecule has 0 spiro atoms. The fourth-order valence-corrected chi connectivity index (χ4v) is 0.907. The lowest BCUT2D eigenvalue weighted by molar-refractivity contribution is 0.268. The minimum atomic E-state index is -2.31. The molecule has 0 aliphatic carbocycles. The zero-order valence-corrected chi connectivity index (χ0v) is 7.43. The van der Waals surface area contributed by atoms with Crippen molar-refractivity contribution in [2.75, 3.05) is 5.32 Å². The van der Waals surface area contributed by atoms with Crippen LogP contribution >= 0.6 is 11.6 Å². The van der Waals surface area contributed by atoms with E-state index in [9.17, 15) is 26.7 Å². The molecule has 0 aliphatic rings. The SMILES string of the molecule is O=C(Cl)Nc1c(F)c(F)c(F)c(F)c1F. The third-order valence-electron chi connectivity index (χ3n) is 1.43. The Balaban J connectivity index is 3.45. The molecule has 1 aromatic rings. The number of amides is 1. The molecule has 0 atom stereocenters. The smallest absolute Gasteiger partial charge is 0.307 e. The van der Waals surface area contributed by atoms with Crippen molar-refractivity contribution in [1.82, 2.24) is 0 Å². The van der Waals surface area contributed by atoms with E-state index in [-0.39, 0.29) is 0 Å². The highest BCUT2D eigenvalue weighted by Gasteiger charge is 2.26. The van der Waals surface area contributed by atoms with Gasteiger partial charge < -0.3 is 5.32 Å². The molecule has 0 radical (unpaired) electrons. The summed E-state index contributed by atoms with van der Waals surface area (Å²) in [5, 5.41) is -0.194. The molecular weight excluding hydrogens is 245 g/mol. The minimum absolute atomic E-state index is 1.28. The molecule has 0 heterocycles. The number of carbonyl (C=O) groups is 1. The van der Waals surface area contributed by atoms with Crippen LogP contribution in [0, 0.1) is 29.1 Å². The molecule has 0 aromatic heterocycles. The number of hydrogen-bond acceptors (Lipinski definition) is 1. The summed E-state index contributed by atoms with van der Waals surface area (Å²) in [5.41, 5.74) is -1.48. The number of carbonyl (C=O) groups excluding carboxylic acids is 1. The Hall–Kier alpha value is -1.37. The van der Waals surface area contributed by atoms with E-state index in [0.29, 0.717) is 0 Å². The fourth-order valence-electron chi connectivity index (χ4n) is 0.813. The van der Waals surface area contributed by atoms with Crippen LogP contribution < -0.4 is 5.32 Å². The lowest BCUT2D eigenvalue weighted by Crippen LogP contribution is -2.11. The van der Waals surface area contributed by atoms with Gasteiger partial charge in [0.25, 0.3) is 0 Å². The average molecular weight is 246 g/mol. The second-order valence-corrected chi connectivity index (χ2v) is 2.69. The van der Waals surface area contributed by atoms with Crippen molar-refractivity contribution >= 4 is 22.7 Å². The molecule has 15 heavy (non-hydrogen) atoms. The number of benzene rings is 1. The first kappa shape index (κ1) is 11.7. The highest BCUT2D eigenvalue weighted by Crippen LogP contribution is 2.27. The molecule has 0 bridgehead atoms. The normalized spacial score (nSPS) is 10.3. The first-order valence-corrected chi connectivity index (χ1v) is 3.72. The number of anilines is 1. The van der Waals surface area contributed by atoms with Crippen molar-refractivity contribution in [3.05, 3.63) is 29.1 Å². The summed E-state index contributed by atoms with van der Waals surface area (Å²) in [5.74, 6) is -10.9. The summed E-state index contributed by atoms with van der Waals surface area (Å²) in [6.07, 6.45) is 0. The van der Waals surface area contributed by atoms with Gasteiger partial charge in [-0.1, -0.05) is 0 Å². The highest BCUT2D eigenvalue weighted by molar-refractivity contribution is 6.65. The average Bonchev–Trinajstić information content (AvgIpc) is 2.18. The van der Waals surface area contributed by atoms with Gasteiger partial charge in [0.05, 0.1) is 0 Å². The first-order valence-electron chi connectivity index (χ1n) is 3.34. The van der Waals surface area contributed by atoms with E-state index >= 15 is 0 Å². The van der Waals surface area contributed by atoms with Crippen LogP contribution in [0.3, 0.4) is 0 Å². The quantitative estimate of drug-likeness (QED) is 0.266. The zero-order valence-electron chi connectivity index (χ0n) is 6.68. The van der Waals surface area contributed by atoms with E-state index in [1.807, 2.05) is 0 Å².